The van der Waals surface area contributed by atoms with Crippen LogP contribution in [0.2, 0.25) is 0 Å². The Morgan fingerprint density at radius 2 is 1.83 bits per heavy atom. The second-order valence-electron chi connectivity index (χ2n) is 7.64. The molecule has 7 heteroatoms. The minimum Gasteiger partial charge on any atom is -0.338 e. The first kappa shape index (κ1) is 18.2. The fraction of sp³-hybridized carbons (Fsp3) is 0.174. The molecule has 4 heterocycles. The smallest absolute Gasteiger partial charge is 0.160 e. The molecule has 5 aromatic rings. The number of fused-ring (bicyclic) bond motifs is 1. The lowest BCUT2D eigenvalue weighted by atomic mass is 10.0. The molecule has 0 saturated heterocycles. The van der Waals surface area contributed by atoms with E-state index in [0.717, 1.165) is 50.9 Å². The van der Waals surface area contributed by atoms with Gasteiger partial charge in [0.25, 0.3) is 0 Å². The van der Waals surface area contributed by atoms with Gasteiger partial charge in [-0.25, -0.2) is 4.98 Å². The van der Waals surface area contributed by atoms with Crippen LogP contribution in [0.25, 0.3) is 39.5 Å². The molecule has 0 atom stereocenters. The monoisotopic (exact) mass is 395 g/mol. The van der Waals surface area contributed by atoms with E-state index in [1.54, 1.807) is 18.6 Å². The van der Waals surface area contributed by atoms with Gasteiger partial charge in [0.05, 0.1) is 23.8 Å². The molecular formula is C23H21N7. The molecule has 7 nitrogen and oxygen atoms in total. The summed E-state index contributed by atoms with van der Waals surface area (Å²) in [6.07, 6.45) is 9.06. The SMILES string of the molecule is Cc1ccc(-c2cnccn2)c(-c2ncc(-c3ccc4nnc(C(C)C)n4c3)[nH]2)c1. The van der Waals surface area contributed by atoms with E-state index in [-0.39, 0.29) is 5.92 Å². The minimum atomic E-state index is 0.286. The van der Waals surface area contributed by atoms with Crippen molar-refractivity contribution in [2.45, 2.75) is 26.7 Å². The summed E-state index contributed by atoms with van der Waals surface area (Å²) in [5, 5.41) is 8.57. The first-order valence-electron chi connectivity index (χ1n) is 9.87. The number of rotatable bonds is 4. The van der Waals surface area contributed by atoms with Gasteiger partial charge in [0.15, 0.2) is 5.65 Å². The van der Waals surface area contributed by atoms with Crippen LogP contribution >= 0.6 is 0 Å². The largest absolute Gasteiger partial charge is 0.338 e. The molecule has 0 radical (unpaired) electrons. The van der Waals surface area contributed by atoms with Gasteiger partial charge in [-0.15, -0.1) is 10.2 Å². The summed E-state index contributed by atoms with van der Waals surface area (Å²) in [7, 11) is 0. The van der Waals surface area contributed by atoms with Crippen LogP contribution in [0.3, 0.4) is 0 Å². The van der Waals surface area contributed by atoms with Gasteiger partial charge in [0.1, 0.15) is 11.6 Å². The molecule has 0 fully saturated rings. The third-order valence-corrected chi connectivity index (χ3v) is 5.10. The van der Waals surface area contributed by atoms with Crippen molar-refractivity contribution in [1.29, 1.82) is 0 Å². The second kappa shape index (κ2) is 7.18. The maximum Gasteiger partial charge on any atom is 0.160 e. The average Bonchev–Trinajstić information content (AvgIpc) is 3.41. The van der Waals surface area contributed by atoms with Gasteiger partial charge in [-0.3, -0.25) is 14.4 Å². The number of H-pyrrole nitrogens is 1. The van der Waals surface area contributed by atoms with Gasteiger partial charge in [-0.05, 0) is 25.1 Å². The summed E-state index contributed by atoms with van der Waals surface area (Å²) >= 11 is 0. The number of aromatic nitrogens is 7. The number of hydrogen-bond acceptors (Lipinski definition) is 5. The number of pyridine rings is 1. The van der Waals surface area contributed by atoms with E-state index in [9.17, 15) is 0 Å². The van der Waals surface area contributed by atoms with Crippen LogP contribution in [0.4, 0.5) is 0 Å². The molecule has 0 aliphatic carbocycles. The lowest BCUT2D eigenvalue weighted by Gasteiger charge is -2.08. The molecule has 0 unspecified atom stereocenters. The first-order chi connectivity index (χ1) is 14.6. The minimum absolute atomic E-state index is 0.286. The van der Waals surface area contributed by atoms with Crippen LogP contribution in [0.5, 0.6) is 0 Å². The van der Waals surface area contributed by atoms with Crippen molar-refractivity contribution < 1.29 is 0 Å². The second-order valence-corrected chi connectivity index (χ2v) is 7.64. The fourth-order valence-corrected chi connectivity index (χ4v) is 3.58. The highest BCUT2D eigenvalue weighted by molar-refractivity contribution is 5.80. The van der Waals surface area contributed by atoms with Crippen molar-refractivity contribution in [3.63, 3.8) is 0 Å². The van der Waals surface area contributed by atoms with E-state index in [0.29, 0.717) is 0 Å². The van der Waals surface area contributed by atoms with Crippen LogP contribution in [-0.2, 0) is 0 Å². The fourth-order valence-electron chi connectivity index (χ4n) is 3.58. The van der Waals surface area contributed by atoms with Gasteiger partial charge in [0.2, 0.25) is 0 Å². The summed E-state index contributed by atoms with van der Waals surface area (Å²) in [6, 6.07) is 10.3. The number of nitrogens with zero attached hydrogens (tertiary/aromatic N) is 6. The molecule has 5 rings (SSSR count). The van der Waals surface area contributed by atoms with Crippen molar-refractivity contribution in [3.8, 4) is 33.9 Å². The standard InChI is InChI=1S/C23H21N7/c1-14(2)23-29-28-21-7-5-16(13-30(21)23)19-12-26-22(27-19)18-10-15(3)4-6-17(18)20-11-24-8-9-25-20/h4-14H,1-3H3,(H,26,27). The quantitative estimate of drug-likeness (QED) is 0.478. The molecule has 0 amide bonds. The van der Waals surface area contributed by atoms with Gasteiger partial charge in [-0.2, -0.15) is 0 Å². The predicted molar refractivity (Wildman–Crippen MR) is 116 cm³/mol. The summed E-state index contributed by atoms with van der Waals surface area (Å²) in [5.41, 5.74) is 6.76. The Labute approximate surface area is 173 Å². The number of hydrogen-bond donors (Lipinski definition) is 1. The molecule has 0 saturated carbocycles. The maximum absolute atomic E-state index is 4.67. The van der Waals surface area contributed by atoms with Crippen LogP contribution in [0.15, 0.2) is 61.3 Å². The summed E-state index contributed by atoms with van der Waals surface area (Å²) in [5.74, 6) is 2.02. The molecular weight excluding hydrogens is 374 g/mol. The van der Waals surface area contributed by atoms with E-state index in [1.165, 1.54) is 0 Å². The Kier molecular flexibility index (Phi) is 4.35. The van der Waals surface area contributed by atoms with Crippen molar-refractivity contribution in [3.05, 3.63) is 72.7 Å². The predicted octanol–water partition coefficient (Wildman–Crippen LogP) is 4.68. The first-order valence-corrected chi connectivity index (χ1v) is 9.87. The summed E-state index contributed by atoms with van der Waals surface area (Å²) in [6.45, 7) is 6.30. The maximum atomic E-state index is 4.67. The lowest BCUT2D eigenvalue weighted by Crippen LogP contribution is -1.97. The van der Waals surface area contributed by atoms with E-state index in [1.807, 2.05) is 22.7 Å². The van der Waals surface area contributed by atoms with Crippen LogP contribution in [0, 0.1) is 6.92 Å². The highest BCUT2D eigenvalue weighted by Crippen LogP contribution is 2.31. The molecule has 0 bridgehead atoms. The van der Waals surface area contributed by atoms with Crippen LogP contribution in [-0.4, -0.2) is 34.5 Å². The Balaban J connectivity index is 1.60. The number of imidazole rings is 1. The zero-order valence-electron chi connectivity index (χ0n) is 17.0. The molecule has 0 spiro atoms. The number of nitrogens with one attached hydrogen (secondary N) is 1. The highest BCUT2D eigenvalue weighted by Gasteiger charge is 2.14. The molecule has 148 valence electrons. The molecule has 30 heavy (non-hydrogen) atoms. The third-order valence-electron chi connectivity index (χ3n) is 5.10. The van der Waals surface area contributed by atoms with E-state index >= 15 is 0 Å². The van der Waals surface area contributed by atoms with Gasteiger partial charge in [0, 0.05) is 41.2 Å². The van der Waals surface area contributed by atoms with E-state index < -0.39 is 0 Å². The Hall–Kier alpha value is -3.87. The number of aryl methyl sites for hydroxylation is 1. The topological polar surface area (TPSA) is 84.7 Å². The average molecular weight is 395 g/mol. The molecule has 0 aliphatic rings. The van der Waals surface area contributed by atoms with Crippen molar-refractivity contribution in [2.24, 2.45) is 0 Å². The molecule has 1 aromatic carbocycles. The molecule has 4 aromatic heterocycles. The van der Waals surface area contributed by atoms with Crippen molar-refractivity contribution in [1.82, 2.24) is 34.5 Å². The Morgan fingerprint density at radius 1 is 0.933 bits per heavy atom. The van der Waals surface area contributed by atoms with Gasteiger partial charge >= 0.3 is 0 Å². The normalized spacial score (nSPS) is 11.5. The molecule has 1 N–H and O–H groups in total. The molecule has 0 aliphatic heterocycles. The number of aromatic amines is 1. The summed E-state index contributed by atoms with van der Waals surface area (Å²) < 4.78 is 2.04. The summed E-state index contributed by atoms with van der Waals surface area (Å²) in [4.78, 5) is 16.8. The Bertz CT molecular complexity index is 1330. The lowest BCUT2D eigenvalue weighted by molar-refractivity contribution is 0.759. The van der Waals surface area contributed by atoms with E-state index in [4.69, 9.17) is 0 Å². The number of benzene rings is 1. The Morgan fingerprint density at radius 3 is 2.63 bits per heavy atom. The van der Waals surface area contributed by atoms with Gasteiger partial charge in [-0.1, -0.05) is 31.5 Å². The van der Waals surface area contributed by atoms with Gasteiger partial charge < -0.3 is 4.98 Å². The van der Waals surface area contributed by atoms with E-state index in [2.05, 4.69) is 75.3 Å². The van der Waals surface area contributed by atoms with Crippen molar-refractivity contribution in [2.75, 3.05) is 0 Å². The highest BCUT2D eigenvalue weighted by atomic mass is 15.2. The van der Waals surface area contributed by atoms with Crippen LogP contribution in [0.1, 0.15) is 31.2 Å². The zero-order valence-corrected chi connectivity index (χ0v) is 17.0. The van der Waals surface area contributed by atoms with Crippen molar-refractivity contribution >= 4 is 5.65 Å². The third kappa shape index (κ3) is 3.14. The zero-order chi connectivity index (χ0) is 20.7. The van der Waals surface area contributed by atoms with Crippen LogP contribution < -0.4 is 0 Å².